The van der Waals surface area contributed by atoms with Crippen LogP contribution in [0.5, 0.6) is 11.6 Å². The van der Waals surface area contributed by atoms with Crippen molar-refractivity contribution >= 4 is 35.1 Å². The molecule has 2 aromatic heterocycles. The second kappa shape index (κ2) is 16.5. The van der Waals surface area contributed by atoms with E-state index < -0.39 is 6.04 Å². The zero-order valence-corrected chi connectivity index (χ0v) is 29.7. The van der Waals surface area contributed by atoms with E-state index in [1.807, 2.05) is 68.4 Å². The number of hydrogen-bond acceptors (Lipinski definition) is 9. The minimum absolute atomic E-state index is 0.0933. The number of esters is 1. The first-order chi connectivity index (χ1) is 23.6. The van der Waals surface area contributed by atoms with Gasteiger partial charge >= 0.3 is 5.97 Å². The first kappa shape index (κ1) is 36.1. The molecule has 49 heavy (non-hydrogen) atoms. The molecule has 1 aliphatic rings. The molecule has 1 amide bonds. The number of benzene rings is 2. The molecule has 0 unspecified atom stereocenters. The predicted octanol–water partition coefficient (Wildman–Crippen LogP) is 6.60. The Bertz CT molecular complexity index is 1820. The molecule has 1 saturated heterocycles. The SMILES string of the molecule is COc1cc(-c2nccc(-c3cccc(-c4ccc(CNC[C@H]5CCC(=O)N5)c(OC)n4)c3Cl)c2Cl)ccc1CN[C@H](C)C(=O)OC(C)C. The van der Waals surface area contributed by atoms with Crippen molar-refractivity contribution in [1.29, 1.82) is 0 Å². The normalized spacial score (nSPS) is 14.9. The molecule has 3 N–H and O–H groups in total. The number of carbonyl (C=O) groups is 2. The predicted molar refractivity (Wildman–Crippen MR) is 192 cm³/mol. The molecule has 0 bridgehead atoms. The lowest BCUT2D eigenvalue weighted by Crippen LogP contribution is -2.36. The Labute approximate surface area is 296 Å². The zero-order chi connectivity index (χ0) is 35.1. The maximum atomic E-state index is 12.2. The van der Waals surface area contributed by atoms with Crippen molar-refractivity contribution in [3.05, 3.63) is 82.0 Å². The Kier molecular flexibility index (Phi) is 12.1. The number of halogens is 2. The second-order valence-corrected chi connectivity index (χ2v) is 12.9. The molecule has 0 radical (unpaired) electrons. The number of rotatable bonds is 14. The average molecular weight is 707 g/mol. The van der Waals surface area contributed by atoms with E-state index in [0.29, 0.717) is 64.7 Å². The van der Waals surface area contributed by atoms with Gasteiger partial charge in [-0.3, -0.25) is 14.6 Å². The molecule has 0 aliphatic carbocycles. The molecule has 1 fully saturated rings. The van der Waals surface area contributed by atoms with Gasteiger partial charge in [-0.15, -0.1) is 0 Å². The van der Waals surface area contributed by atoms with Gasteiger partial charge in [-0.2, -0.15) is 0 Å². The van der Waals surface area contributed by atoms with Crippen molar-refractivity contribution in [2.24, 2.45) is 0 Å². The first-order valence-electron chi connectivity index (χ1n) is 16.2. The quantitative estimate of drug-likeness (QED) is 0.125. The highest BCUT2D eigenvalue weighted by atomic mass is 35.5. The monoisotopic (exact) mass is 705 g/mol. The summed E-state index contributed by atoms with van der Waals surface area (Å²) in [5.41, 5.74) is 5.92. The van der Waals surface area contributed by atoms with Crippen LogP contribution >= 0.6 is 23.2 Å². The number of carbonyl (C=O) groups excluding carboxylic acids is 2. The lowest BCUT2D eigenvalue weighted by Gasteiger charge is -2.17. The van der Waals surface area contributed by atoms with Gasteiger partial charge in [-0.1, -0.05) is 59.6 Å². The smallest absolute Gasteiger partial charge is 0.323 e. The van der Waals surface area contributed by atoms with E-state index in [-0.39, 0.29) is 24.0 Å². The van der Waals surface area contributed by atoms with Crippen LogP contribution in [0.3, 0.4) is 0 Å². The number of nitrogens with one attached hydrogen (secondary N) is 3. The van der Waals surface area contributed by atoms with Crippen LogP contribution in [-0.2, 0) is 27.4 Å². The number of ether oxygens (including phenoxy) is 3. The van der Waals surface area contributed by atoms with Crippen molar-refractivity contribution in [2.75, 3.05) is 20.8 Å². The topological polar surface area (TPSA) is 124 Å². The van der Waals surface area contributed by atoms with Crippen molar-refractivity contribution in [3.63, 3.8) is 0 Å². The summed E-state index contributed by atoms with van der Waals surface area (Å²) < 4.78 is 16.6. The summed E-state index contributed by atoms with van der Waals surface area (Å²) in [7, 11) is 3.19. The van der Waals surface area contributed by atoms with Crippen LogP contribution in [0.1, 0.15) is 44.7 Å². The molecule has 1 aliphatic heterocycles. The fourth-order valence-corrected chi connectivity index (χ4v) is 6.30. The van der Waals surface area contributed by atoms with Gasteiger partial charge in [0, 0.05) is 71.7 Å². The molecule has 10 nitrogen and oxygen atoms in total. The Hall–Kier alpha value is -4.22. The molecule has 0 spiro atoms. The summed E-state index contributed by atoms with van der Waals surface area (Å²) in [6.45, 7) is 7.02. The molecular weight excluding hydrogens is 665 g/mol. The molecule has 2 atom stereocenters. The Morgan fingerprint density at radius 3 is 2.43 bits per heavy atom. The third-order valence-electron chi connectivity index (χ3n) is 8.24. The highest BCUT2D eigenvalue weighted by Gasteiger charge is 2.22. The van der Waals surface area contributed by atoms with Crippen LogP contribution in [0, 0.1) is 0 Å². The number of hydrogen-bond donors (Lipinski definition) is 3. The molecule has 2 aromatic carbocycles. The standard InChI is InChI=1S/C37H41Cl2N5O5/c1-21(2)49-37(46)22(3)42-19-24-10-9-23(17-31(24)47-4)35-34(39)28(15-16-41-35)27-7-6-8-29(33(27)38)30-13-11-25(36(44-30)48-5)18-40-20-26-12-14-32(45)43-26/h6-11,13,15-17,21-22,26,40,42H,12,14,18-20H2,1-5H3,(H,43,45)/t22-,26-/m1/s1. The van der Waals surface area contributed by atoms with E-state index in [2.05, 4.69) is 20.9 Å². The lowest BCUT2D eigenvalue weighted by molar-refractivity contribution is -0.149. The van der Waals surface area contributed by atoms with Gasteiger partial charge in [0.25, 0.3) is 0 Å². The number of methoxy groups -OCH3 is 2. The molecule has 5 rings (SSSR count). The highest BCUT2D eigenvalue weighted by Crippen LogP contribution is 2.42. The fourth-order valence-electron chi connectivity index (χ4n) is 5.65. The fraction of sp³-hybridized carbons (Fsp3) is 0.351. The first-order valence-corrected chi connectivity index (χ1v) is 16.9. The van der Waals surface area contributed by atoms with Crippen molar-refractivity contribution in [3.8, 4) is 45.3 Å². The summed E-state index contributed by atoms with van der Waals surface area (Å²) in [4.78, 5) is 33.1. The second-order valence-electron chi connectivity index (χ2n) is 12.1. The summed E-state index contributed by atoms with van der Waals surface area (Å²) in [5.74, 6) is 0.898. The van der Waals surface area contributed by atoms with E-state index in [0.717, 1.165) is 34.2 Å². The maximum Gasteiger partial charge on any atom is 0.323 e. The van der Waals surface area contributed by atoms with Gasteiger partial charge in [-0.25, -0.2) is 4.98 Å². The van der Waals surface area contributed by atoms with Gasteiger partial charge < -0.3 is 30.2 Å². The summed E-state index contributed by atoms with van der Waals surface area (Å²) in [6.07, 6.45) is 2.91. The van der Waals surface area contributed by atoms with Gasteiger partial charge in [-0.05, 0) is 45.4 Å². The highest BCUT2D eigenvalue weighted by molar-refractivity contribution is 6.39. The van der Waals surface area contributed by atoms with E-state index in [1.54, 1.807) is 27.3 Å². The minimum Gasteiger partial charge on any atom is -0.496 e. The van der Waals surface area contributed by atoms with Gasteiger partial charge in [0.05, 0.1) is 41.8 Å². The minimum atomic E-state index is -0.482. The van der Waals surface area contributed by atoms with Gasteiger partial charge in [0.1, 0.15) is 11.8 Å². The van der Waals surface area contributed by atoms with Crippen LogP contribution in [0.2, 0.25) is 10.0 Å². The molecular formula is C37H41Cl2N5O5. The average Bonchev–Trinajstić information content (AvgIpc) is 3.51. The lowest BCUT2D eigenvalue weighted by atomic mass is 9.99. The largest absolute Gasteiger partial charge is 0.496 e. The van der Waals surface area contributed by atoms with Gasteiger partial charge in [0.2, 0.25) is 11.8 Å². The molecule has 12 heteroatoms. The van der Waals surface area contributed by atoms with Crippen LogP contribution in [0.15, 0.2) is 60.8 Å². The van der Waals surface area contributed by atoms with E-state index in [1.165, 1.54) is 0 Å². The summed E-state index contributed by atoms with van der Waals surface area (Å²) in [6, 6.07) is 16.8. The Morgan fingerprint density at radius 1 is 0.959 bits per heavy atom. The maximum absolute atomic E-state index is 12.2. The van der Waals surface area contributed by atoms with E-state index in [9.17, 15) is 9.59 Å². The van der Waals surface area contributed by atoms with Crippen LogP contribution in [0.25, 0.3) is 33.6 Å². The van der Waals surface area contributed by atoms with Crippen molar-refractivity contribution in [2.45, 2.75) is 64.9 Å². The third-order valence-corrected chi connectivity index (χ3v) is 9.03. The van der Waals surface area contributed by atoms with Crippen molar-refractivity contribution in [1.82, 2.24) is 25.9 Å². The summed E-state index contributed by atoms with van der Waals surface area (Å²) >= 11 is 14.1. The van der Waals surface area contributed by atoms with Crippen molar-refractivity contribution < 1.29 is 23.8 Å². The van der Waals surface area contributed by atoms with E-state index >= 15 is 0 Å². The number of pyridine rings is 2. The number of aromatic nitrogens is 2. The number of nitrogens with zero attached hydrogens (tertiary/aromatic N) is 2. The van der Waals surface area contributed by atoms with Crippen LogP contribution in [0.4, 0.5) is 0 Å². The van der Waals surface area contributed by atoms with Crippen LogP contribution < -0.4 is 25.4 Å². The number of amides is 1. The third kappa shape index (κ3) is 8.69. The summed E-state index contributed by atoms with van der Waals surface area (Å²) in [5, 5.41) is 10.5. The van der Waals surface area contributed by atoms with Gasteiger partial charge in [0.15, 0.2) is 0 Å². The molecule has 3 heterocycles. The zero-order valence-electron chi connectivity index (χ0n) is 28.2. The molecule has 258 valence electrons. The van der Waals surface area contributed by atoms with E-state index in [4.69, 9.17) is 42.4 Å². The van der Waals surface area contributed by atoms with Crippen LogP contribution in [-0.4, -0.2) is 60.8 Å². The Balaban J connectivity index is 1.36. The Morgan fingerprint density at radius 2 is 1.71 bits per heavy atom. The molecule has 4 aromatic rings. The molecule has 0 saturated carbocycles.